The van der Waals surface area contributed by atoms with Gasteiger partial charge < -0.3 is 14.5 Å². The van der Waals surface area contributed by atoms with Crippen molar-refractivity contribution in [2.45, 2.75) is 16.1 Å². The lowest BCUT2D eigenvalue weighted by Gasteiger charge is -2.22. The van der Waals surface area contributed by atoms with E-state index in [-0.39, 0.29) is 10.7 Å². The zero-order valence-electron chi connectivity index (χ0n) is 16.2. The Hall–Kier alpha value is -3.45. The maximum atomic E-state index is 13.7. The van der Waals surface area contributed by atoms with E-state index in [4.69, 9.17) is 4.74 Å². The Kier molecular flexibility index (Phi) is 5.37. The van der Waals surface area contributed by atoms with Crippen LogP contribution in [0.4, 0.5) is 0 Å². The summed E-state index contributed by atoms with van der Waals surface area (Å²) < 4.78 is 32.6. The summed E-state index contributed by atoms with van der Waals surface area (Å²) in [5.41, 5.74) is 1.95. The number of aromatic nitrogens is 2. The minimum absolute atomic E-state index is 0.0940. The number of ether oxygens (including phenoxy) is 1. The summed E-state index contributed by atoms with van der Waals surface area (Å²) in [5, 5.41) is -1.21. The maximum Gasteiger partial charge on any atom is 0.189 e. The lowest BCUT2D eigenvalue weighted by atomic mass is 9.96. The van der Waals surface area contributed by atoms with E-state index in [1.54, 1.807) is 42.5 Å². The Morgan fingerprint density at radius 2 is 1.60 bits per heavy atom. The van der Waals surface area contributed by atoms with Crippen molar-refractivity contribution < 1.29 is 17.9 Å². The van der Waals surface area contributed by atoms with Gasteiger partial charge in [-0.1, -0.05) is 42.5 Å². The first kappa shape index (κ1) is 19.8. The van der Waals surface area contributed by atoms with Gasteiger partial charge in [-0.2, -0.15) is 0 Å². The Balaban J connectivity index is 1.91. The van der Waals surface area contributed by atoms with Crippen molar-refractivity contribution >= 4 is 27.2 Å². The monoisotopic (exact) mass is 420 g/mol. The molecule has 1 heterocycles. The average Bonchev–Trinajstić information content (AvgIpc) is 3.21. The van der Waals surface area contributed by atoms with Crippen LogP contribution in [-0.4, -0.2) is 31.8 Å². The molecule has 0 aliphatic carbocycles. The van der Waals surface area contributed by atoms with Gasteiger partial charge in [-0.15, -0.1) is 0 Å². The summed E-state index contributed by atoms with van der Waals surface area (Å²) in [6.45, 7) is 0. The summed E-state index contributed by atoms with van der Waals surface area (Å²) in [5.74, 6) is -0.156. The van der Waals surface area contributed by atoms with Crippen molar-refractivity contribution in [2.24, 2.45) is 0 Å². The van der Waals surface area contributed by atoms with Gasteiger partial charge in [0.15, 0.2) is 9.84 Å². The standard InChI is InChI=1S/C23H20N2O4S/c1-29-17-11-13-18(14-12-17)30(27,28)22(19(15-26)16-7-3-2-4-8-16)23-24-20-9-5-6-10-21(20)25-23/h2-15,19,22H,1H3,(H,24,25). The Labute approximate surface area is 174 Å². The van der Waals surface area contributed by atoms with Gasteiger partial charge in [0.25, 0.3) is 0 Å². The number of methoxy groups -OCH3 is 1. The number of aldehydes is 1. The van der Waals surface area contributed by atoms with Crippen LogP contribution in [0.25, 0.3) is 11.0 Å². The van der Waals surface area contributed by atoms with Crippen LogP contribution in [-0.2, 0) is 14.6 Å². The summed E-state index contributed by atoms with van der Waals surface area (Å²) in [6, 6.07) is 22.3. The van der Waals surface area contributed by atoms with Gasteiger partial charge in [0.2, 0.25) is 0 Å². The molecule has 30 heavy (non-hydrogen) atoms. The zero-order valence-corrected chi connectivity index (χ0v) is 17.0. The van der Waals surface area contributed by atoms with Crippen LogP contribution >= 0.6 is 0 Å². The molecular weight excluding hydrogens is 400 g/mol. The Morgan fingerprint density at radius 3 is 2.23 bits per heavy atom. The number of imidazole rings is 1. The summed E-state index contributed by atoms with van der Waals surface area (Å²) in [6.07, 6.45) is 0.675. The third kappa shape index (κ3) is 3.59. The predicted octanol–water partition coefficient (Wildman–Crippen LogP) is 4.07. The number of benzene rings is 3. The molecule has 1 aromatic heterocycles. The highest BCUT2D eigenvalue weighted by molar-refractivity contribution is 7.91. The molecule has 0 amide bonds. The van der Waals surface area contributed by atoms with Crippen LogP contribution < -0.4 is 4.74 Å². The first-order chi connectivity index (χ1) is 14.5. The van der Waals surface area contributed by atoms with Crippen molar-refractivity contribution in [1.29, 1.82) is 0 Å². The molecule has 0 fully saturated rings. The third-order valence-corrected chi connectivity index (χ3v) is 7.17. The van der Waals surface area contributed by atoms with E-state index in [2.05, 4.69) is 9.97 Å². The number of nitrogens with one attached hydrogen (secondary N) is 1. The summed E-state index contributed by atoms with van der Waals surface area (Å²) >= 11 is 0. The number of carbonyl (C=O) groups excluding carboxylic acids is 1. The fourth-order valence-corrected chi connectivity index (χ4v) is 5.35. The quantitative estimate of drug-likeness (QED) is 0.455. The largest absolute Gasteiger partial charge is 0.497 e. The second kappa shape index (κ2) is 8.12. The molecule has 1 N–H and O–H groups in total. The van der Waals surface area contributed by atoms with Crippen LogP contribution in [0.3, 0.4) is 0 Å². The number of fused-ring (bicyclic) bond motifs is 1. The van der Waals surface area contributed by atoms with E-state index in [1.165, 1.54) is 19.2 Å². The number of H-pyrrole nitrogens is 1. The SMILES string of the molecule is COc1ccc(S(=O)(=O)C(c2nc3ccccc3[nH]2)C(C=O)c2ccccc2)cc1. The van der Waals surface area contributed by atoms with Crippen molar-refractivity contribution in [3.8, 4) is 5.75 Å². The average molecular weight is 420 g/mol. The highest BCUT2D eigenvalue weighted by atomic mass is 32.2. The van der Waals surface area contributed by atoms with E-state index in [9.17, 15) is 13.2 Å². The molecule has 0 spiro atoms. The number of hydrogen-bond donors (Lipinski definition) is 1. The van der Waals surface area contributed by atoms with Gasteiger partial charge in [-0.3, -0.25) is 0 Å². The molecule has 7 heteroatoms. The minimum atomic E-state index is -3.97. The summed E-state index contributed by atoms with van der Waals surface area (Å²) in [4.78, 5) is 19.9. The van der Waals surface area contributed by atoms with Crippen molar-refractivity contribution in [3.05, 3.63) is 90.3 Å². The van der Waals surface area contributed by atoms with Gasteiger partial charge in [0.1, 0.15) is 23.1 Å². The molecule has 0 radical (unpaired) electrons. The van der Waals surface area contributed by atoms with Crippen molar-refractivity contribution in [2.75, 3.05) is 7.11 Å². The van der Waals surface area contributed by atoms with Crippen LogP contribution in [0.15, 0.2) is 83.8 Å². The van der Waals surface area contributed by atoms with Gasteiger partial charge in [-0.05, 0) is 42.0 Å². The Bertz CT molecular complexity index is 1230. The molecular formula is C23H20N2O4S. The van der Waals surface area contributed by atoms with Gasteiger partial charge in [-0.25, -0.2) is 13.4 Å². The molecule has 0 aliphatic rings. The molecule has 3 aromatic carbocycles. The van der Waals surface area contributed by atoms with Crippen LogP contribution in [0, 0.1) is 0 Å². The first-order valence-corrected chi connectivity index (χ1v) is 10.9. The predicted molar refractivity (Wildman–Crippen MR) is 114 cm³/mol. The fourth-order valence-electron chi connectivity index (χ4n) is 3.53. The normalized spacial score (nSPS) is 13.6. The number of para-hydroxylation sites is 2. The lowest BCUT2D eigenvalue weighted by Crippen LogP contribution is -2.23. The van der Waals surface area contributed by atoms with E-state index in [0.717, 1.165) is 0 Å². The van der Waals surface area contributed by atoms with E-state index in [1.807, 2.05) is 24.3 Å². The number of nitrogens with zero attached hydrogens (tertiary/aromatic N) is 1. The van der Waals surface area contributed by atoms with E-state index in [0.29, 0.717) is 28.6 Å². The zero-order chi connectivity index (χ0) is 21.1. The number of aromatic amines is 1. The van der Waals surface area contributed by atoms with Gasteiger partial charge in [0.05, 0.1) is 29.0 Å². The molecule has 0 saturated heterocycles. The van der Waals surface area contributed by atoms with Crippen LogP contribution in [0.1, 0.15) is 22.6 Å². The highest BCUT2D eigenvalue weighted by Gasteiger charge is 2.39. The summed E-state index contributed by atoms with van der Waals surface area (Å²) in [7, 11) is -2.45. The van der Waals surface area contributed by atoms with Gasteiger partial charge in [0, 0.05) is 0 Å². The Morgan fingerprint density at radius 1 is 0.933 bits per heavy atom. The maximum absolute atomic E-state index is 13.7. The second-order valence-corrected chi connectivity index (χ2v) is 8.92. The lowest BCUT2D eigenvalue weighted by molar-refractivity contribution is -0.109. The van der Waals surface area contributed by atoms with Crippen LogP contribution in [0.5, 0.6) is 5.75 Å². The number of carbonyl (C=O) groups is 1. The molecule has 0 aliphatic heterocycles. The number of hydrogen-bond acceptors (Lipinski definition) is 5. The topological polar surface area (TPSA) is 89.1 Å². The molecule has 0 saturated carbocycles. The first-order valence-electron chi connectivity index (χ1n) is 9.37. The molecule has 2 unspecified atom stereocenters. The molecule has 4 aromatic rings. The highest BCUT2D eigenvalue weighted by Crippen LogP contribution is 2.39. The molecule has 4 rings (SSSR count). The smallest absolute Gasteiger partial charge is 0.189 e. The second-order valence-electron chi connectivity index (χ2n) is 6.85. The minimum Gasteiger partial charge on any atom is -0.497 e. The molecule has 6 nitrogen and oxygen atoms in total. The number of rotatable bonds is 7. The van der Waals surface area contributed by atoms with Crippen molar-refractivity contribution in [3.63, 3.8) is 0 Å². The van der Waals surface area contributed by atoms with Crippen molar-refractivity contribution in [1.82, 2.24) is 9.97 Å². The van der Waals surface area contributed by atoms with E-state index < -0.39 is 21.0 Å². The number of sulfone groups is 1. The van der Waals surface area contributed by atoms with E-state index >= 15 is 0 Å². The molecule has 2 atom stereocenters. The molecule has 0 bridgehead atoms. The molecule has 152 valence electrons. The third-order valence-electron chi connectivity index (χ3n) is 5.06. The van der Waals surface area contributed by atoms with Crippen LogP contribution in [0.2, 0.25) is 0 Å². The van der Waals surface area contributed by atoms with Gasteiger partial charge >= 0.3 is 0 Å². The fraction of sp³-hybridized carbons (Fsp3) is 0.130.